The molecular formula is C22H24N4O3. The monoisotopic (exact) mass is 392 g/mol. The molecule has 0 unspecified atom stereocenters. The number of anilines is 1. The van der Waals surface area contributed by atoms with Gasteiger partial charge in [-0.05, 0) is 51.3 Å². The van der Waals surface area contributed by atoms with Gasteiger partial charge < -0.3 is 14.7 Å². The van der Waals surface area contributed by atoms with Crippen molar-refractivity contribution < 1.29 is 14.1 Å². The molecule has 0 spiro atoms. The van der Waals surface area contributed by atoms with Crippen molar-refractivity contribution in [2.45, 2.75) is 33.6 Å². The molecule has 3 heterocycles. The summed E-state index contributed by atoms with van der Waals surface area (Å²) < 4.78 is 4.97. The number of pyridine rings is 1. The number of aromatic nitrogens is 2. The highest BCUT2D eigenvalue weighted by atomic mass is 16.5. The lowest BCUT2D eigenvalue weighted by atomic mass is 9.95. The number of carbonyl (C=O) groups is 2. The Labute approximate surface area is 169 Å². The summed E-state index contributed by atoms with van der Waals surface area (Å²) in [5, 5.41) is 7.54. The number of benzene rings is 1. The first-order chi connectivity index (χ1) is 13.9. The van der Waals surface area contributed by atoms with Crippen LogP contribution in [0.5, 0.6) is 0 Å². The molecule has 1 aromatic carbocycles. The molecule has 1 N–H and O–H groups in total. The maximum Gasteiger partial charge on any atom is 0.255 e. The largest absolute Gasteiger partial charge is 0.360 e. The smallest absolute Gasteiger partial charge is 0.255 e. The van der Waals surface area contributed by atoms with Gasteiger partial charge in [-0.1, -0.05) is 17.3 Å². The number of aryl methyl sites for hydroxylation is 3. The number of rotatable bonds is 3. The number of carbonyl (C=O) groups excluding carboxylic acids is 2. The highest BCUT2D eigenvalue weighted by Crippen LogP contribution is 2.24. The quantitative estimate of drug-likeness (QED) is 0.735. The molecule has 1 fully saturated rings. The molecule has 0 radical (unpaired) electrons. The molecule has 0 saturated carbocycles. The fraction of sp³-hybridized carbons (Fsp3) is 0.364. The van der Waals surface area contributed by atoms with Crippen LogP contribution in [0.25, 0.3) is 10.9 Å². The van der Waals surface area contributed by atoms with Gasteiger partial charge in [0.15, 0.2) is 5.82 Å². The third kappa shape index (κ3) is 3.99. The fourth-order valence-corrected chi connectivity index (χ4v) is 3.76. The predicted octanol–water partition coefficient (Wildman–Crippen LogP) is 3.64. The Morgan fingerprint density at radius 1 is 1.10 bits per heavy atom. The van der Waals surface area contributed by atoms with E-state index in [9.17, 15) is 9.59 Å². The lowest BCUT2D eigenvalue weighted by Crippen LogP contribution is -2.41. The lowest BCUT2D eigenvalue weighted by molar-refractivity contribution is -0.121. The van der Waals surface area contributed by atoms with Crippen molar-refractivity contribution in [3.05, 3.63) is 52.9 Å². The Morgan fingerprint density at radius 2 is 1.86 bits per heavy atom. The van der Waals surface area contributed by atoms with E-state index in [1.54, 1.807) is 13.0 Å². The second-order valence-electron chi connectivity index (χ2n) is 7.70. The maximum absolute atomic E-state index is 13.1. The SMILES string of the molecule is Cc1ccc2cc(C(=O)N3CCC(C(=O)Nc4cc(C)on4)CC3)c(C)nc2c1. The number of piperidine rings is 1. The number of hydrogen-bond donors (Lipinski definition) is 1. The second-order valence-corrected chi connectivity index (χ2v) is 7.70. The molecule has 1 aliphatic heterocycles. The van der Waals surface area contributed by atoms with Crippen LogP contribution in [0.1, 0.15) is 40.2 Å². The summed E-state index contributed by atoms with van der Waals surface area (Å²) in [7, 11) is 0. The van der Waals surface area contributed by atoms with E-state index in [2.05, 4.69) is 15.5 Å². The van der Waals surface area contributed by atoms with Crippen molar-refractivity contribution in [2.24, 2.45) is 5.92 Å². The number of hydrogen-bond acceptors (Lipinski definition) is 5. The van der Waals surface area contributed by atoms with E-state index >= 15 is 0 Å². The zero-order chi connectivity index (χ0) is 20.5. The molecule has 3 aromatic rings. The van der Waals surface area contributed by atoms with Gasteiger partial charge in [0.25, 0.3) is 5.91 Å². The molecule has 29 heavy (non-hydrogen) atoms. The van der Waals surface area contributed by atoms with E-state index in [0.29, 0.717) is 43.1 Å². The number of likely N-dealkylation sites (tertiary alicyclic amines) is 1. The third-order valence-electron chi connectivity index (χ3n) is 5.43. The zero-order valence-corrected chi connectivity index (χ0v) is 16.9. The average Bonchev–Trinajstić information content (AvgIpc) is 3.11. The predicted molar refractivity (Wildman–Crippen MR) is 110 cm³/mol. The molecule has 0 aliphatic carbocycles. The topological polar surface area (TPSA) is 88.3 Å². The molecule has 7 heteroatoms. The third-order valence-corrected chi connectivity index (χ3v) is 5.43. The van der Waals surface area contributed by atoms with E-state index in [4.69, 9.17) is 4.52 Å². The van der Waals surface area contributed by atoms with Gasteiger partial charge in [-0.25, -0.2) is 0 Å². The van der Waals surface area contributed by atoms with Gasteiger partial charge in [-0.2, -0.15) is 0 Å². The summed E-state index contributed by atoms with van der Waals surface area (Å²) in [6.45, 7) is 6.76. The molecule has 0 bridgehead atoms. The Morgan fingerprint density at radius 3 is 2.55 bits per heavy atom. The fourth-order valence-electron chi connectivity index (χ4n) is 3.76. The Hall–Kier alpha value is -3.22. The summed E-state index contributed by atoms with van der Waals surface area (Å²) in [4.78, 5) is 31.9. The van der Waals surface area contributed by atoms with Gasteiger partial charge in [-0.3, -0.25) is 14.6 Å². The van der Waals surface area contributed by atoms with Crippen LogP contribution in [0.2, 0.25) is 0 Å². The van der Waals surface area contributed by atoms with Crippen LogP contribution in [-0.4, -0.2) is 39.9 Å². The maximum atomic E-state index is 13.1. The van der Waals surface area contributed by atoms with Gasteiger partial charge in [0.05, 0.1) is 16.8 Å². The standard InChI is InChI=1S/C22H24N4O3/c1-13-4-5-17-12-18(15(3)23-19(17)10-13)22(28)26-8-6-16(7-9-26)21(27)24-20-11-14(2)29-25-20/h4-5,10-12,16H,6-9H2,1-3H3,(H,24,25,27). The van der Waals surface area contributed by atoms with Crippen LogP contribution in [0, 0.1) is 26.7 Å². The Bertz CT molecular complexity index is 1080. The van der Waals surface area contributed by atoms with Crippen molar-refractivity contribution in [1.82, 2.24) is 15.0 Å². The van der Waals surface area contributed by atoms with Gasteiger partial charge >= 0.3 is 0 Å². The van der Waals surface area contributed by atoms with Crippen molar-refractivity contribution in [3.8, 4) is 0 Å². The van der Waals surface area contributed by atoms with Gasteiger partial charge in [0, 0.05) is 30.5 Å². The second kappa shape index (κ2) is 7.66. The van der Waals surface area contributed by atoms with Crippen LogP contribution in [0.15, 0.2) is 34.9 Å². The van der Waals surface area contributed by atoms with E-state index in [1.165, 1.54) is 0 Å². The first kappa shape index (κ1) is 19.1. The minimum atomic E-state index is -0.144. The number of amides is 2. The summed E-state index contributed by atoms with van der Waals surface area (Å²) >= 11 is 0. The lowest BCUT2D eigenvalue weighted by Gasteiger charge is -2.31. The molecule has 0 atom stereocenters. The van der Waals surface area contributed by atoms with E-state index in [-0.39, 0.29) is 17.7 Å². The Kier molecular flexibility index (Phi) is 5.05. The van der Waals surface area contributed by atoms with E-state index in [1.807, 2.05) is 43.0 Å². The average molecular weight is 392 g/mol. The van der Waals surface area contributed by atoms with Crippen molar-refractivity contribution in [2.75, 3.05) is 18.4 Å². The van der Waals surface area contributed by atoms with Crippen LogP contribution in [0.3, 0.4) is 0 Å². The van der Waals surface area contributed by atoms with Crippen LogP contribution in [0.4, 0.5) is 5.82 Å². The molecule has 2 aromatic heterocycles. The molecule has 150 valence electrons. The van der Waals surface area contributed by atoms with Crippen molar-refractivity contribution in [3.63, 3.8) is 0 Å². The van der Waals surface area contributed by atoms with Gasteiger partial charge in [-0.15, -0.1) is 0 Å². The Balaban J connectivity index is 1.42. The summed E-state index contributed by atoms with van der Waals surface area (Å²) in [6.07, 6.45) is 1.24. The van der Waals surface area contributed by atoms with Crippen LogP contribution >= 0.6 is 0 Å². The van der Waals surface area contributed by atoms with Gasteiger partial charge in [0.2, 0.25) is 5.91 Å². The van der Waals surface area contributed by atoms with Crippen molar-refractivity contribution >= 4 is 28.5 Å². The molecule has 1 saturated heterocycles. The summed E-state index contributed by atoms with van der Waals surface area (Å²) in [6, 6.07) is 9.65. The molecule has 7 nitrogen and oxygen atoms in total. The summed E-state index contributed by atoms with van der Waals surface area (Å²) in [5.41, 5.74) is 3.40. The first-order valence-corrected chi connectivity index (χ1v) is 9.82. The highest BCUT2D eigenvalue weighted by Gasteiger charge is 2.29. The van der Waals surface area contributed by atoms with Crippen molar-refractivity contribution in [1.29, 1.82) is 0 Å². The molecule has 1 aliphatic rings. The number of fused-ring (bicyclic) bond motifs is 1. The number of nitrogens with one attached hydrogen (secondary N) is 1. The normalized spacial score (nSPS) is 14.9. The minimum Gasteiger partial charge on any atom is -0.360 e. The highest BCUT2D eigenvalue weighted by molar-refractivity contribution is 5.99. The van der Waals surface area contributed by atoms with Crippen LogP contribution in [-0.2, 0) is 4.79 Å². The molecular weight excluding hydrogens is 368 g/mol. The summed E-state index contributed by atoms with van der Waals surface area (Å²) in [5.74, 6) is 0.831. The zero-order valence-electron chi connectivity index (χ0n) is 16.9. The molecule has 2 amide bonds. The van der Waals surface area contributed by atoms with Crippen LogP contribution < -0.4 is 5.32 Å². The van der Waals surface area contributed by atoms with E-state index < -0.39 is 0 Å². The van der Waals surface area contributed by atoms with Gasteiger partial charge in [0.1, 0.15) is 5.76 Å². The number of nitrogens with zero attached hydrogens (tertiary/aromatic N) is 3. The molecule has 4 rings (SSSR count). The first-order valence-electron chi connectivity index (χ1n) is 9.82. The minimum absolute atomic E-state index is 0.0246. The van der Waals surface area contributed by atoms with E-state index in [0.717, 1.165) is 22.2 Å².